The van der Waals surface area contributed by atoms with Crippen LogP contribution in [-0.4, -0.2) is 57.9 Å². The van der Waals surface area contributed by atoms with E-state index in [4.69, 9.17) is 0 Å². The van der Waals surface area contributed by atoms with E-state index >= 15 is 0 Å². The van der Waals surface area contributed by atoms with E-state index in [2.05, 4.69) is 38.0 Å². The first-order chi connectivity index (χ1) is 14.6. The Morgan fingerprint density at radius 1 is 0.867 bits per heavy atom. The van der Waals surface area contributed by atoms with Gasteiger partial charge in [0.15, 0.2) is 0 Å². The predicted molar refractivity (Wildman–Crippen MR) is 117 cm³/mol. The molecule has 6 nitrogen and oxygen atoms in total. The monoisotopic (exact) mass is 402 g/mol. The van der Waals surface area contributed by atoms with E-state index in [9.17, 15) is 4.39 Å². The highest BCUT2D eigenvalue weighted by atomic mass is 19.1. The number of benzene rings is 1. The molecule has 1 aliphatic rings. The van der Waals surface area contributed by atoms with E-state index in [-0.39, 0.29) is 5.82 Å². The van der Waals surface area contributed by atoms with Gasteiger partial charge < -0.3 is 9.80 Å². The van der Waals surface area contributed by atoms with Gasteiger partial charge in [0.2, 0.25) is 0 Å². The molecule has 0 aliphatic carbocycles. The van der Waals surface area contributed by atoms with Gasteiger partial charge in [-0.1, -0.05) is 0 Å². The molecule has 1 saturated heterocycles. The Labute approximate surface area is 174 Å². The van der Waals surface area contributed by atoms with Crippen molar-refractivity contribution in [3.8, 4) is 22.4 Å². The first kappa shape index (κ1) is 18.7. The second kappa shape index (κ2) is 7.50. The number of hydrogen-bond donors (Lipinski definition) is 0. The predicted octanol–water partition coefficient (Wildman–Crippen LogP) is 3.59. The van der Waals surface area contributed by atoms with Crippen molar-refractivity contribution < 1.29 is 4.39 Å². The Bertz CT molecular complexity index is 1210. The lowest BCUT2D eigenvalue weighted by molar-refractivity contribution is 0.312. The normalized spacial score (nSPS) is 15.1. The quantitative estimate of drug-likeness (QED) is 0.524. The van der Waals surface area contributed by atoms with Crippen molar-refractivity contribution in [2.45, 2.75) is 0 Å². The van der Waals surface area contributed by atoms with E-state index in [1.54, 1.807) is 23.1 Å². The average molecular weight is 402 g/mol. The molecule has 7 heteroatoms. The minimum absolute atomic E-state index is 0.279. The molecule has 0 unspecified atom stereocenters. The molecule has 3 aromatic heterocycles. The van der Waals surface area contributed by atoms with Crippen LogP contribution in [0.2, 0.25) is 0 Å². The van der Waals surface area contributed by atoms with Gasteiger partial charge in [-0.2, -0.15) is 5.10 Å². The summed E-state index contributed by atoms with van der Waals surface area (Å²) in [6.45, 7) is 3.96. The minimum Gasteiger partial charge on any atom is -0.354 e. The smallest absolute Gasteiger partial charge is 0.133 e. The molecule has 152 valence electrons. The molecule has 1 aliphatic heterocycles. The van der Waals surface area contributed by atoms with E-state index in [1.807, 2.05) is 37.6 Å². The van der Waals surface area contributed by atoms with Crippen LogP contribution in [0.4, 0.5) is 10.2 Å². The number of fused-ring (bicyclic) bond motifs is 1. The molecule has 1 aromatic carbocycles. The highest BCUT2D eigenvalue weighted by Gasteiger charge is 2.16. The molecule has 30 heavy (non-hydrogen) atoms. The lowest BCUT2D eigenvalue weighted by atomic mass is 10.0. The zero-order valence-corrected chi connectivity index (χ0v) is 17.1. The molecule has 0 bridgehead atoms. The summed E-state index contributed by atoms with van der Waals surface area (Å²) in [5.41, 5.74) is 3.48. The average Bonchev–Trinajstić information content (AvgIpc) is 3.20. The van der Waals surface area contributed by atoms with Crippen LogP contribution in [0.1, 0.15) is 0 Å². The van der Waals surface area contributed by atoms with Crippen LogP contribution >= 0.6 is 0 Å². The third-order valence-electron chi connectivity index (χ3n) is 5.69. The van der Waals surface area contributed by atoms with Crippen LogP contribution in [0.5, 0.6) is 0 Å². The van der Waals surface area contributed by atoms with Gasteiger partial charge in [-0.15, -0.1) is 0 Å². The molecule has 0 amide bonds. The first-order valence-electron chi connectivity index (χ1n) is 10.0. The number of pyridine rings is 2. The zero-order chi connectivity index (χ0) is 20.7. The van der Waals surface area contributed by atoms with Gasteiger partial charge in [-0.05, 0) is 48.3 Å². The summed E-state index contributed by atoms with van der Waals surface area (Å²) in [5, 5.41) is 5.52. The van der Waals surface area contributed by atoms with E-state index < -0.39 is 0 Å². The number of nitrogens with zero attached hydrogens (tertiary/aromatic N) is 6. The largest absolute Gasteiger partial charge is 0.354 e. The Morgan fingerprint density at radius 3 is 2.47 bits per heavy atom. The fraction of sp³-hybridized carbons (Fsp3) is 0.261. The molecule has 5 rings (SSSR count). The van der Waals surface area contributed by atoms with Crippen molar-refractivity contribution >= 4 is 16.6 Å². The maximum Gasteiger partial charge on any atom is 0.133 e. The highest BCUT2D eigenvalue weighted by molar-refractivity contribution is 5.89. The van der Waals surface area contributed by atoms with Crippen molar-refractivity contribution in [3.63, 3.8) is 0 Å². The molecular formula is C23H23FN6. The molecule has 0 N–H and O–H groups in total. The topological polar surface area (TPSA) is 50.1 Å². The SMILES string of the molecule is CN1CCN(c2cc(-c3cc4cc(-c5cnn(C)c5)cc(F)c4cn3)ccn2)CC1. The minimum atomic E-state index is -0.279. The fourth-order valence-corrected chi connectivity index (χ4v) is 3.89. The van der Waals surface area contributed by atoms with Crippen LogP contribution < -0.4 is 4.90 Å². The number of aryl methyl sites for hydroxylation is 1. The second-order valence-electron chi connectivity index (χ2n) is 7.84. The molecule has 0 spiro atoms. The number of rotatable bonds is 3. The van der Waals surface area contributed by atoms with E-state index in [0.29, 0.717) is 5.39 Å². The highest BCUT2D eigenvalue weighted by Crippen LogP contribution is 2.30. The lowest BCUT2D eigenvalue weighted by Gasteiger charge is -2.33. The molecular weight excluding hydrogens is 379 g/mol. The van der Waals surface area contributed by atoms with Gasteiger partial charge in [-0.3, -0.25) is 9.67 Å². The van der Waals surface area contributed by atoms with Crippen molar-refractivity contribution in [1.29, 1.82) is 0 Å². The summed E-state index contributed by atoms with van der Waals surface area (Å²) in [6, 6.07) is 9.50. The number of aromatic nitrogens is 4. The number of piperazine rings is 1. The Kier molecular flexibility index (Phi) is 4.67. The fourth-order valence-electron chi connectivity index (χ4n) is 3.89. The van der Waals surface area contributed by atoms with Gasteiger partial charge >= 0.3 is 0 Å². The Balaban J connectivity index is 1.52. The third kappa shape index (κ3) is 3.52. The number of halogens is 1. The lowest BCUT2D eigenvalue weighted by Crippen LogP contribution is -2.44. The summed E-state index contributed by atoms with van der Waals surface area (Å²) in [4.78, 5) is 13.7. The maximum absolute atomic E-state index is 14.7. The molecule has 1 fully saturated rings. The molecule has 0 saturated carbocycles. The maximum atomic E-state index is 14.7. The van der Waals surface area contributed by atoms with Crippen molar-refractivity contribution in [2.24, 2.45) is 7.05 Å². The second-order valence-corrected chi connectivity index (χ2v) is 7.84. The van der Waals surface area contributed by atoms with E-state index in [1.165, 1.54) is 0 Å². The summed E-state index contributed by atoms with van der Waals surface area (Å²) in [7, 11) is 3.99. The van der Waals surface area contributed by atoms with Crippen LogP contribution in [0.3, 0.4) is 0 Å². The van der Waals surface area contributed by atoms with Crippen LogP contribution in [0, 0.1) is 5.82 Å². The van der Waals surface area contributed by atoms with Crippen LogP contribution in [-0.2, 0) is 7.05 Å². The summed E-state index contributed by atoms with van der Waals surface area (Å²) in [6.07, 6.45) is 7.06. The summed E-state index contributed by atoms with van der Waals surface area (Å²) >= 11 is 0. The van der Waals surface area contributed by atoms with E-state index in [0.717, 1.165) is 59.8 Å². The molecule has 4 heterocycles. The van der Waals surface area contributed by atoms with Gasteiger partial charge in [0.05, 0.1) is 11.9 Å². The van der Waals surface area contributed by atoms with Crippen molar-refractivity contribution in [2.75, 3.05) is 38.1 Å². The summed E-state index contributed by atoms with van der Waals surface area (Å²) < 4.78 is 16.4. The first-order valence-corrected chi connectivity index (χ1v) is 10.0. The molecule has 0 radical (unpaired) electrons. The van der Waals surface area contributed by atoms with Crippen LogP contribution in [0.15, 0.2) is 55.1 Å². The molecule has 0 atom stereocenters. The van der Waals surface area contributed by atoms with Crippen LogP contribution in [0.25, 0.3) is 33.2 Å². The van der Waals surface area contributed by atoms with Crippen molar-refractivity contribution in [3.05, 3.63) is 60.9 Å². The van der Waals surface area contributed by atoms with Gasteiger partial charge in [0.25, 0.3) is 0 Å². The standard InChI is InChI=1S/C23H23FN6/c1-28-5-7-30(8-6-28)23-12-16(3-4-25-23)22-11-18-9-17(19-13-27-29(2)15-19)10-21(24)20(18)14-26-22/h3-4,9-15H,5-8H2,1-2H3. The van der Waals surface area contributed by atoms with Crippen molar-refractivity contribution in [1.82, 2.24) is 24.6 Å². The van der Waals surface area contributed by atoms with Gasteiger partial charge in [-0.25, -0.2) is 9.37 Å². The third-order valence-corrected chi connectivity index (χ3v) is 5.69. The molecule has 4 aromatic rings. The van der Waals surface area contributed by atoms with Gasteiger partial charge in [0.1, 0.15) is 11.6 Å². The van der Waals surface area contributed by atoms with Gasteiger partial charge in [0, 0.05) is 68.3 Å². The number of likely N-dealkylation sites (N-methyl/N-ethyl adjacent to an activating group) is 1. The zero-order valence-electron chi connectivity index (χ0n) is 17.1. The summed E-state index contributed by atoms with van der Waals surface area (Å²) in [5.74, 6) is 0.677. The Hall–Kier alpha value is -3.32. The Morgan fingerprint density at radius 2 is 1.70 bits per heavy atom. The number of hydrogen-bond acceptors (Lipinski definition) is 5. The number of anilines is 1.